The standard InChI is InChI=1S/C13H21N3/c1-3-11-8-10(2)15-13(16-11)9-12-6-4-5-7-14-12/h8,12,14H,3-7,9H2,1-2H3. The summed E-state index contributed by atoms with van der Waals surface area (Å²) in [5, 5.41) is 3.54. The zero-order chi connectivity index (χ0) is 11.4. The molecule has 1 fully saturated rings. The van der Waals surface area contributed by atoms with E-state index in [1.807, 2.05) is 0 Å². The van der Waals surface area contributed by atoms with Crippen molar-refractivity contribution in [3.8, 4) is 0 Å². The Balaban J connectivity index is 2.04. The SMILES string of the molecule is CCc1cc(C)nc(CC2CCCCN2)n1. The van der Waals surface area contributed by atoms with Crippen molar-refractivity contribution in [3.05, 3.63) is 23.3 Å². The van der Waals surface area contributed by atoms with Gasteiger partial charge in [-0.25, -0.2) is 9.97 Å². The van der Waals surface area contributed by atoms with Crippen molar-refractivity contribution >= 4 is 0 Å². The molecule has 3 nitrogen and oxygen atoms in total. The average molecular weight is 219 g/mol. The van der Waals surface area contributed by atoms with Crippen molar-refractivity contribution in [2.45, 2.75) is 52.0 Å². The molecule has 1 aliphatic rings. The molecule has 1 atom stereocenters. The van der Waals surface area contributed by atoms with Crippen molar-refractivity contribution in [1.29, 1.82) is 0 Å². The molecule has 0 saturated carbocycles. The summed E-state index contributed by atoms with van der Waals surface area (Å²) >= 11 is 0. The maximum atomic E-state index is 4.60. The lowest BCUT2D eigenvalue weighted by Crippen LogP contribution is -2.36. The van der Waals surface area contributed by atoms with Gasteiger partial charge in [0, 0.05) is 23.9 Å². The highest BCUT2D eigenvalue weighted by atomic mass is 14.9. The van der Waals surface area contributed by atoms with Crippen LogP contribution in [-0.4, -0.2) is 22.6 Å². The van der Waals surface area contributed by atoms with E-state index < -0.39 is 0 Å². The fraction of sp³-hybridized carbons (Fsp3) is 0.692. The van der Waals surface area contributed by atoms with Crippen LogP contribution in [0.3, 0.4) is 0 Å². The Kier molecular flexibility index (Phi) is 3.88. The van der Waals surface area contributed by atoms with Crippen molar-refractivity contribution in [2.75, 3.05) is 6.54 Å². The molecule has 16 heavy (non-hydrogen) atoms. The summed E-state index contributed by atoms with van der Waals surface area (Å²) in [6.07, 6.45) is 5.89. The van der Waals surface area contributed by atoms with E-state index in [9.17, 15) is 0 Å². The Morgan fingerprint density at radius 3 is 2.94 bits per heavy atom. The summed E-state index contributed by atoms with van der Waals surface area (Å²) in [6, 6.07) is 2.66. The molecular weight excluding hydrogens is 198 g/mol. The number of rotatable bonds is 3. The van der Waals surface area contributed by atoms with E-state index >= 15 is 0 Å². The lowest BCUT2D eigenvalue weighted by Gasteiger charge is -2.22. The lowest BCUT2D eigenvalue weighted by atomic mass is 10.0. The van der Waals surface area contributed by atoms with Crippen molar-refractivity contribution in [1.82, 2.24) is 15.3 Å². The van der Waals surface area contributed by atoms with Crippen LogP contribution < -0.4 is 5.32 Å². The summed E-state index contributed by atoms with van der Waals surface area (Å²) in [6.45, 7) is 5.35. The molecule has 1 aliphatic heterocycles. The van der Waals surface area contributed by atoms with Gasteiger partial charge in [0.05, 0.1) is 0 Å². The molecule has 0 aromatic carbocycles. The fourth-order valence-electron chi connectivity index (χ4n) is 2.29. The van der Waals surface area contributed by atoms with Gasteiger partial charge in [0.2, 0.25) is 0 Å². The van der Waals surface area contributed by atoms with Gasteiger partial charge in [0.15, 0.2) is 0 Å². The molecule has 88 valence electrons. The van der Waals surface area contributed by atoms with E-state index in [4.69, 9.17) is 0 Å². The van der Waals surface area contributed by atoms with Crippen molar-refractivity contribution < 1.29 is 0 Å². The predicted octanol–water partition coefficient (Wildman–Crippen LogP) is 2.03. The summed E-state index contributed by atoms with van der Waals surface area (Å²) < 4.78 is 0. The van der Waals surface area contributed by atoms with Crippen LogP contribution in [0.1, 0.15) is 43.4 Å². The molecule has 0 amide bonds. The van der Waals surface area contributed by atoms with E-state index in [1.165, 1.54) is 25.0 Å². The maximum absolute atomic E-state index is 4.60. The zero-order valence-electron chi connectivity index (χ0n) is 10.3. The zero-order valence-corrected chi connectivity index (χ0v) is 10.3. The lowest BCUT2D eigenvalue weighted by molar-refractivity contribution is 0.394. The second-order valence-electron chi connectivity index (χ2n) is 4.62. The van der Waals surface area contributed by atoms with Gasteiger partial charge in [-0.2, -0.15) is 0 Å². The molecule has 1 unspecified atom stereocenters. The summed E-state index contributed by atoms with van der Waals surface area (Å²) in [5.74, 6) is 1.01. The first-order chi connectivity index (χ1) is 7.78. The van der Waals surface area contributed by atoms with E-state index in [1.54, 1.807) is 0 Å². The quantitative estimate of drug-likeness (QED) is 0.845. The maximum Gasteiger partial charge on any atom is 0.130 e. The highest BCUT2D eigenvalue weighted by molar-refractivity contribution is 5.10. The second kappa shape index (κ2) is 5.39. The van der Waals surface area contributed by atoms with Crippen LogP contribution in [-0.2, 0) is 12.8 Å². The van der Waals surface area contributed by atoms with Gasteiger partial charge in [0.25, 0.3) is 0 Å². The highest BCUT2D eigenvalue weighted by Gasteiger charge is 2.14. The van der Waals surface area contributed by atoms with Gasteiger partial charge >= 0.3 is 0 Å². The summed E-state index contributed by atoms with van der Waals surface area (Å²) in [5.41, 5.74) is 2.26. The molecule has 0 radical (unpaired) electrons. The number of nitrogens with zero attached hydrogens (tertiary/aromatic N) is 2. The van der Waals surface area contributed by atoms with E-state index in [2.05, 4.69) is 35.2 Å². The number of aryl methyl sites for hydroxylation is 2. The number of hydrogen-bond acceptors (Lipinski definition) is 3. The third kappa shape index (κ3) is 3.01. The number of nitrogens with one attached hydrogen (secondary N) is 1. The van der Waals surface area contributed by atoms with Crippen LogP contribution in [0.2, 0.25) is 0 Å². The van der Waals surface area contributed by atoms with Gasteiger partial charge in [-0.3, -0.25) is 0 Å². The summed E-state index contributed by atoms with van der Waals surface area (Å²) in [4.78, 5) is 9.12. The predicted molar refractivity (Wildman–Crippen MR) is 65.5 cm³/mol. The van der Waals surface area contributed by atoms with Crippen molar-refractivity contribution in [2.24, 2.45) is 0 Å². The Labute approximate surface area is 97.7 Å². The van der Waals surface area contributed by atoms with Gasteiger partial charge in [-0.1, -0.05) is 13.3 Å². The fourth-order valence-corrected chi connectivity index (χ4v) is 2.29. The largest absolute Gasteiger partial charge is 0.314 e. The second-order valence-corrected chi connectivity index (χ2v) is 4.62. The van der Waals surface area contributed by atoms with E-state index in [0.717, 1.165) is 30.9 Å². The molecule has 1 aromatic rings. The highest BCUT2D eigenvalue weighted by Crippen LogP contribution is 2.11. The molecule has 1 aromatic heterocycles. The molecule has 0 bridgehead atoms. The Bertz CT molecular complexity index is 343. The normalized spacial score (nSPS) is 21.0. The first kappa shape index (κ1) is 11.5. The molecule has 2 heterocycles. The number of hydrogen-bond donors (Lipinski definition) is 1. The third-order valence-corrected chi connectivity index (χ3v) is 3.16. The number of piperidine rings is 1. The Morgan fingerprint density at radius 2 is 2.25 bits per heavy atom. The van der Waals surface area contributed by atoms with Gasteiger partial charge in [0.1, 0.15) is 5.82 Å². The van der Waals surface area contributed by atoms with Crippen LogP contribution in [0.5, 0.6) is 0 Å². The first-order valence-electron chi connectivity index (χ1n) is 6.34. The molecule has 3 heteroatoms. The van der Waals surface area contributed by atoms with E-state index in [-0.39, 0.29) is 0 Å². The van der Waals surface area contributed by atoms with Crippen LogP contribution in [0.4, 0.5) is 0 Å². The minimum absolute atomic E-state index is 0.584. The Hall–Kier alpha value is -0.960. The minimum Gasteiger partial charge on any atom is -0.314 e. The molecule has 0 aliphatic carbocycles. The number of aromatic nitrogens is 2. The smallest absolute Gasteiger partial charge is 0.130 e. The van der Waals surface area contributed by atoms with Crippen LogP contribution in [0.25, 0.3) is 0 Å². The van der Waals surface area contributed by atoms with Crippen LogP contribution in [0, 0.1) is 6.92 Å². The van der Waals surface area contributed by atoms with Crippen LogP contribution in [0.15, 0.2) is 6.07 Å². The average Bonchev–Trinajstić information content (AvgIpc) is 2.29. The van der Waals surface area contributed by atoms with E-state index in [0.29, 0.717) is 6.04 Å². The molecule has 0 spiro atoms. The monoisotopic (exact) mass is 219 g/mol. The topological polar surface area (TPSA) is 37.8 Å². The molecular formula is C13H21N3. The molecule has 1 N–H and O–H groups in total. The Morgan fingerprint density at radius 1 is 1.38 bits per heavy atom. The minimum atomic E-state index is 0.584. The van der Waals surface area contributed by atoms with Gasteiger partial charge in [-0.05, 0) is 38.8 Å². The first-order valence-corrected chi connectivity index (χ1v) is 6.34. The molecule has 1 saturated heterocycles. The third-order valence-electron chi connectivity index (χ3n) is 3.16. The molecule has 2 rings (SSSR count). The van der Waals surface area contributed by atoms with Crippen LogP contribution >= 0.6 is 0 Å². The van der Waals surface area contributed by atoms with Crippen molar-refractivity contribution in [3.63, 3.8) is 0 Å². The summed E-state index contributed by atoms with van der Waals surface area (Å²) in [7, 11) is 0. The van der Waals surface area contributed by atoms with Gasteiger partial charge < -0.3 is 5.32 Å². The van der Waals surface area contributed by atoms with Gasteiger partial charge in [-0.15, -0.1) is 0 Å².